The van der Waals surface area contributed by atoms with Gasteiger partial charge in [-0.2, -0.15) is 0 Å². The van der Waals surface area contributed by atoms with Crippen LogP contribution in [0.25, 0.3) is 0 Å². The molecule has 0 amide bonds. The zero-order chi connectivity index (χ0) is 11.9. The molecule has 0 aliphatic carbocycles. The second-order valence-electron chi connectivity index (χ2n) is 3.83. The second-order valence-corrected chi connectivity index (χ2v) is 8.06. The molecule has 0 aromatic carbocycles. The van der Waals surface area contributed by atoms with E-state index in [-0.39, 0.29) is 0 Å². The molecule has 1 rings (SSSR count). The molecule has 0 fully saturated rings. The molecule has 84 valence electrons. The molecule has 0 N–H and O–H groups in total. The topological polar surface area (TPSA) is 25.8 Å². The quantitative estimate of drug-likeness (QED) is 0.531. The number of nitrogens with zero attached hydrogens (tertiary/aromatic N) is 2. The van der Waals surface area contributed by atoms with Crippen molar-refractivity contribution in [1.82, 2.24) is 9.97 Å². The van der Waals surface area contributed by atoms with Crippen LogP contribution < -0.4 is 5.45 Å². The van der Waals surface area contributed by atoms with Crippen molar-refractivity contribution in [3.05, 3.63) is 56.4 Å². The minimum absolute atomic E-state index is 0.967. The van der Waals surface area contributed by atoms with Crippen LogP contribution in [0.4, 0.5) is 0 Å². The van der Waals surface area contributed by atoms with Crippen LogP contribution in [-0.2, 0) is 0 Å². The van der Waals surface area contributed by atoms with Gasteiger partial charge in [-0.3, -0.25) is 0 Å². The Kier molecular flexibility index (Phi) is 4.86. The summed E-state index contributed by atoms with van der Waals surface area (Å²) in [5.41, 5.74) is 0.981. The summed E-state index contributed by atoms with van der Waals surface area (Å²) in [7, 11) is -1.75. The molecule has 2 nitrogen and oxygen atoms in total. The lowest BCUT2D eigenvalue weighted by Crippen LogP contribution is -2.49. The zero-order valence-electron chi connectivity index (χ0n) is 9.60. The highest BCUT2D eigenvalue weighted by Gasteiger charge is 2.34. The third-order valence-corrected chi connectivity index (χ3v) is 7.06. The minimum atomic E-state index is -1.75. The van der Waals surface area contributed by atoms with Crippen molar-refractivity contribution in [3.63, 3.8) is 0 Å². The Labute approximate surface area is 98.5 Å². The third-order valence-electron chi connectivity index (χ3n) is 2.65. The molecule has 1 aromatic rings. The van der Waals surface area contributed by atoms with E-state index >= 15 is 0 Å². The van der Waals surface area contributed by atoms with Crippen LogP contribution >= 0.6 is 0 Å². The van der Waals surface area contributed by atoms with Crippen LogP contribution in [0.3, 0.4) is 0 Å². The van der Waals surface area contributed by atoms with Gasteiger partial charge < -0.3 is 0 Å². The maximum atomic E-state index is 4.41. The number of aromatic nitrogens is 2. The Bertz CT molecular complexity index is 333. The molecule has 0 saturated carbocycles. The van der Waals surface area contributed by atoms with Crippen molar-refractivity contribution in [2.75, 3.05) is 0 Å². The average Bonchev–Trinajstić information content (AvgIpc) is 2.31. The van der Waals surface area contributed by atoms with E-state index in [1.165, 1.54) is 0 Å². The fraction of sp³-hybridized carbons (Fsp3) is 0.231. The summed E-state index contributed by atoms with van der Waals surface area (Å²) in [5, 5.41) is 0. The van der Waals surface area contributed by atoms with E-state index in [1.54, 1.807) is 12.4 Å². The van der Waals surface area contributed by atoms with Crippen molar-refractivity contribution in [3.8, 4) is 0 Å². The van der Waals surface area contributed by atoms with Gasteiger partial charge in [-0.25, -0.2) is 9.97 Å². The lowest BCUT2D eigenvalue weighted by atomic mass is 10.7. The summed E-state index contributed by atoms with van der Waals surface area (Å²) < 4.78 is 0. The molecule has 0 unspecified atom stereocenters. The molecule has 0 saturated heterocycles. The van der Waals surface area contributed by atoms with E-state index in [0.717, 1.165) is 23.6 Å². The number of allylic oxidation sites excluding steroid dienone is 3. The maximum absolute atomic E-state index is 4.41. The van der Waals surface area contributed by atoms with Crippen molar-refractivity contribution in [1.29, 1.82) is 0 Å². The lowest BCUT2D eigenvalue weighted by Gasteiger charge is -2.26. The molecule has 0 aliphatic heterocycles. The van der Waals surface area contributed by atoms with Gasteiger partial charge in [0.2, 0.25) is 0 Å². The van der Waals surface area contributed by atoms with Gasteiger partial charge >= 0.3 is 0 Å². The van der Waals surface area contributed by atoms with Gasteiger partial charge in [0.25, 0.3) is 0 Å². The molecular formula is C13H18N2Si. The third kappa shape index (κ3) is 2.76. The number of hydrogen-bond donors (Lipinski definition) is 0. The molecule has 0 aliphatic rings. The molecule has 0 spiro atoms. The van der Waals surface area contributed by atoms with Gasteiger partial charge in [-0.15, -0.1) is 19.7 Å². The van der Waals surface area contributed by atoms with E-state index in [9.17, 15) is 0 Å². The van der Waals surface area contributed by atoms with Crippen LogP contribution in [0.15, 0.2) is 56.4 Å². The molecule has 3 heteroatoms. The van der Waals surface area contributed by atoms with Gasteiger partial charge in [0.15, 0.2) is 0 Å². The first-order valence-corrected chi connectivity index (χ1v) is 8.01. The van der Waals surface area contributed by atoms with Crippen LogP contribution in [0, 0.1) is 0 Å². The normalized spacial score (nSPS) is 10.8. The Morgan fingerprint density at radius 3 is 1.75 bits per heavy atom. The molecule has 0 radical (unpaired) electrons. The second kappa shape index (κ2) is 6.18. The summed E-state index contributed by atoms with van der Waals surface area (Å²) in [6.45, 7) is 11.5. The van der Waals surface area contributed by atoms with E-state index < -0.39 is 8.07 Å². The van der Waals surface area contributed by atoms with E-state index in [0.29, 0.717) is 0 Å². The average molecular weight is 230 g/mol. The lowest BCUT2D eigenvalue weighted by molar-refractivity contribution is 1.18. The first kappa shape index (κ1) is 12.6. The molecular weight excluding hydrogens is 212 g/mol. The predicted molar refractivity (Wildman–Crippen MR) is 72.4 cm³/mol. The number of rotatable bonds is 7. The predicted octanol–water partition coefficient (Wildman–Crippen LogP) is 2.69. The summed E-state index contributed by atoms with van der Waals surface area (Å²) in [6, 6.07) is 4.75. The first-order valence-electron chi connectivity index (χ1n) is 5.39. The van der Waals surface area contributed by atoms with Crippen molar-refractivity contribution < 1.29 is 0 Å². The van der Waals surface area contributed by atoms with Gasteiger partial charge in [0.05, 0.1) is 0 Å². The highest BCUT2D eigenvalue weighted by atomic mass is 28.3. The zero-order valence-corrected chi connectivity index (χ0v) is 10.6. The fourth-order valence-corrected chi connectivity index (χ4v) is 5.33. The van der Waals surface area contributed by atoms with Gasteiger partial charge in [0.1, 0.15) is 13.5 Å². The summed E-state index contributed by atoms with van der Waals surface area (Å²) >= 11 is 0. The van der Waals surface area contributed by atoms with E-state index in [2.05, 4.69) is 29.7 Å². The Morgan fingerprint density at radius 1 is 0.938 bits per heavy atom. The van der Waals surface area contributed by atoms with Crippen LogP contribution in [0.1, 0.15) is 0 Å². The van der Waals surface area contributed by atoms with Crippen molar-refractivity contribution in [2.45, 2.75) is 18.1 Å². The Balaban J connectivity index is 3.13. The maximum Gasteiger partial charge on any atom is 0.145 e. The SMILES string of the molecule is C=CC[Si](CC=C)(CC=C)c1ncccn1. The molecule has 16 heavy (non-hydrogen) atoms. The standard InChI is InChI=1S/C13H18N2Si/c1-4-10-16(11-5-2,12-6-3)13-14-8-7-9-15-13/h4-9H,1-3,10-12H2. The fourth-order valence-electron chi connectivity index (χ4n) is 1.93. The Morgan fingerprint density at radius 2 is 1.38 bits per heavy atom. The minimum Gasteiger partial charge on any atom is -0.247 e. The monoisotopic (exact) mass is 230 g/mol. The van der Waals surface area contributed by atoms with Crippen LogP contribution in [0.5, 0.6) is 0 Å². The van der Waals surface area contributed by atoms with Gasteiger partial charge in [-0.05, 0) is 24.2 Å². The van der Waals surface area contributed by atoms with Gasteiger partial charge in [0, 0.05) is 12.4 Å². The summed E-state index contributed by atoms with van der Waals surface area (Å²) in [4.78, 5) is 8.83. The highest BCUT2D eigenvalue weighted by Crippen LogP contribution is 2.21. The van der Waals surface area contributed by atoms with Gasteiger partial charge in [-0.1, -0.05) is 18.2 Å². The Hall–Kier alpha value is -1.48. The van der Waals surface area contributed by atoms with E-state index in [4.69, 9.17) is 0 Å². The van der Waals surface area contributed by atoms with Crippen molar-refractivity contribution >= 4 is 13.5 Å². The molecule has 1 aromatic heterocycles. The summed E-state index contributed by atoms with van der Waals surface area (Å²) in [5.74, 6) is 0. The smallest absolute Gasteiger partial charge is 0.145 e. The number of hydrogen-bond acceptors (Lipinski definition) is 2. The van der Waals surface area contributed by atoms with Crippen LogP contribution in [-0.4, -0.2) is 18.0 Å². The highest BCUT2D eigenvalue weighted by molar-refractivity contribution is 6.91. The van der Waals surface area contributed by atoms with E-state index in [1.807, 2.05) is 24.3 Å². The molecule has 1 heterocycles. The first-order chi connectivity index (χ1) is 7.79. The van der Waals surface area contributed by atoms with Crippen LogP contribution in [0.2, 0.25) is 18.1 Å². The largest absolute Gasteiger partial charge is 0.247 e. The van der Waals surface area contributed by atoms with Crippen molar-refractivity contribution in [2.24, 2.45) is 0 Å². The molecule has 0 atom stereocenters. The molecule has 0 bridgehead atoms. The summed E-state index contributed by atoms with van der Waals surface area (Å²) in [6.07, 6.45) is 9.51.